The first kappa shape index (κ1) is 22.8. The largest absolute Gasteiger partial charge is 0.419 e. The molecule has 174 valence electrons. The number of anilines is 1. The molecule has 3 aromatic carbocycles. The fourth-order valence-corrected chi connectivity index (χ4v) is 4.77. The summed E-state index contributed by atoms with van der Waals surface area (Å²) in [4.78, 5) is 4.62. The van der Waals surface area contributed by atoms with Crippen LogP contribution < -0.4 is 4.90 Å². The van der Waals surface area contributed by atoms with Crippen LogP contribution in [0.15, 0.2) is 71.1 Å². The molecule has 0 amide bonds. The van der Waals surface area contributed by atoms with Crippen LogP contribution in [0.2, 0.25) is 10.0 Å². The second-order valence-electron chi connectivity index (χ2n) is 8.33. The van der Waals surface area contributed by atoms with Gasteiger partial charge in [-0.05, 0) is 54.4 Å². The van der Waals surface area contributed by atoms with E-state index in [1.54, 1.807) is 18.2 Å². The molecule has 1 fully saturated rings. The first-order valence-corrected chi connectivity index (χ1v) is 11.8. The number of benzene rings is 3. The molecule has 5 nitrogen and oxygen atoms in total. The lowest BCUT2D eigenvalue weighted by Crippen LogP contribution is -2.48. The van der Waals surface area contributed by atoms with Gasteiger partial charge >= 0.3 is 0 Å². The number of nitrogens with zero attached hydrogens (tertiary/aromatic N) is 4. The minimum Gasteiger partial charge on any atom is -0.419 e. The molecule has 2 heterocycles. The van der Waals surface area contributed by atoms with Crippen molar-refractivity contribution in [2.24, 2.45) is 0 Å². The van der Waals surface area contributed by atoms with Crippen molar-refractivity contribution >= 4 is 28.9 Å². The van der Waals surface area contributed by atoms with Gasteiger partial charge in [-0.2, -0.15) is 0 Å². The number of aryl methyl sites for hydroxylation is 1. The van der Waals surface area contributed by atoms with E-state index in [0.29, 0.717) is 22.4 Å². The molecule has 8 heteroatoms. The van der Waals surface area contributed by atoms with Crippen LogP contribution in [-0.4, -0.2) is 41.3 Å². The highest BCUT2D eigenvalue weighted by atomic mass is 35.5. The quantitative estimate of drug-likeness (QED) is 0.319. The van der Waals surface area contributed by atoms with Crippen molar-refractivity contribution in [3.8, 4) is 11.5 Å². The summed E-state index contributed by atoms with van der Waals surface area (Å²) >= 11 is 12.6. The third-order valence-corrected chi connectivity index (χ3v) is 6.72. The zero-order chi connectivity index (χ0) is 23.7. The van der Waals surface area contributed by atoms with E-state index in [0.717, 1.165) is 42.5 Å². The summed E-state index contributed by atoms with van der Waals surface area (Å²) in [6, 6.07) is 19.5. The number of halogens is 3. The Hall–Kier alpha value is -2.93. The van der Waals surface area contributed by atoms with Crippen molar-refractivity contribution in [3.63, 3.8) is 0 Å². The van der Waals surface area contributed by atoms with Crippen molar-refractivity contribution in [1.82, 2.24) is 15.1 Å². The Morgan fingerprint density at radius 1 is 0.912 bits per heavy atom. The summed E-state index contributed by atoms with van der Waals surface area (Å²) in [7, 11) is 0. The van der Waals surface area contributed by atoms with E-state index in [4.69, 9.17) is 27.6 Å². The van der Waals surface area contributed by atoms with E-state index in [1.165, 1.54) is 17.7 Å². The van der Waals surface area contributed by atoms with Gasteiger partial charge in [-0.15, -0.1) is 10.2 Å². The minimum absolute atomic E-state index is 0.286. The van der Waals surface area contributed by atoms with Crippen LogP contribution in [0, 0.1) is 12.7 Å². The Morgan fingerprint density at radius 2 is 1.65 bits per heavy atom. The van der Waals surface area contributed by atoms with E-state index in [-0.39, 0.29) is 11.9 Å². The fraction of sp³-hybridized carbons (Fsp3) is 0.231. The van der Waals surface area contributed by atoms with Gasteiger partial charge in [0.1, 0.15) is 11.9 Å². The maximum Gasteiger partial charge on any atom is 0.249 e. The maximum atomic E-state index is 13.7. The van der Waals surface area contributed by atoms with Gasteiger partial charge in [0.15, 0.2) is 0 Å². The highest BCUT2D eigenvalue weighted by Crippen LogP contribution is 2.34. The van der Waals surface area contributed by atoms with Crippen LogP contribution in [0.3, 0.4) is 0 Å². The van der Waals surface area contributed by atoms with Crippen LogP contribution >= 0.6 is 23.2 Å². The van der Waals surface area contributed by atoms with Crippen LogP contribution in [0.5, 0.6) is 0 Å². The zero-order valence-electron chi connectivity index (χ0n) is 18.6. The van der Waals surface area contributed by atoms with Crippen molar-refractivity contribution in [2.75, 3.05) is 31.1 Å². The normalized spacial score (nSPS) is 15.5. The summed E-state index contributed by atoms with van der Waals surface area (Å²) in [6.45, 7) is 5.23. The Kier molecular flexibility index (Phi) is 6.55. The van der Waals surface area contributed by atoms with Gasteiger partial charge in [0.25, 0.3) is 0 Å². The SMILES string of the molecule is Cc1ccc(Cl)cc1N1CCN(C(c2ccc(F)cc2)c2nnc(-c3ccccc3Cl)o2)CC1. The number of rotatable bonds is 5. The highest BCUT2D eigenvalue weighted by molar-refractivity contribution is 6.33. The average molecular weight is 497 g/mol. The number of hydrogen-bond donors (Lipinski definition) is 0. The molecule has 0 aliphatic carbocycles. The van der Waals surface area contributed by atoms with E-state index in [9.17, 15) is 4.39 Å². The summed E-state index contributed by atoms with van der Waals surface area (Å²) in [5.74, 6) is 0.529. The molecule has 1 aromatic heterocycles. The summed E-state index contributed by atoms with van der Waals surface area (Å²) in [5.41, 5.74) is 3.91. The molecule has 0 N–H and O–H groups in total. The molecule has 1 saturated heterocycles. The predicted molar refractivity (Wildman–Crippen MR) is 133 cm³/mol. The molecule has 34 heavy (non-hydrogen) atoms. The van der Waals surface area contributed by atoms with Gasteiger partial charge in [0.2, 0.25) is 11.8 Å². The van der Waals surface area contributed by atoms with Crippen LogP contribution in [-0.2, 0) is 0 Å². The van der Waals surface area contributed by atoms with E-state index < -0.39 is 0 Å². The third kappa shape index (κ3) is 4.67. The molecular weight excluding hydrogens is 474 g/mol. The topological polar surface area (TPSA) is 45.4 Å². The number of piperazine rings is 1. The first-order chi connectivity index (χ1) is 16.5. The lowest BCUT2D eigenvalue weighted by molar-refractivity contribution is 0.188. The lowest BCUT2D eigenvalue weighted by Gasteiger charge is -2.39. The molecule has 1 aliphatic heterocycles. The fourth-order valence-electron chi connectivity index (χ4n) is 4.39. The van der Waals surface area contributed by atoms with Crippen molar-refractivity contribution < 1.29 is 8.81 Å². The molecule has 0 spiro atoms. The van der Waals surface area contributed by atoms with Gasteiger partial charge in [0.05, 0.1) is 10.6 Å². The van der Waals surface area contributed by atoms with Gasteiger partial charge in [-0.1, -0.05) is 53.5 Å². The molecule has 1 unspecified atom stereocenters. The van der Waals surface area contributed by atoms with Crippen molar-refractivity contribution in [1.29, 1.82) is 0 Å². The van der Waals surface area contributed by atoms with Gasteiger partial charge in [-0.25, -0.2) is 4.39 Å². The highest BCUT2D eigenvalue weighted by Gasteiger charge is 2.31. The predicted octanol–water partition coefficient (Wildman–Crippen LogP) is 6.40. The molecular formula is C26H23Cl2FN4O. The monoisotopic (exact) mass is 496 g/mol. The molecule has 0 saturated carbocycles. The number of hydrogen-bond acceptors (Lipinski definition) is 5. The second kappa shape index (κ2) is 9.74. The third-order valence-electron chi connectivity index (χ3n) is 6.16. The Morgan fingerprint density at radius 3 is 2.38 bits per heavy atom. The molecule has 1 aliphatic rings. The Bertz CT molecular complexity index is 1290. The standard InChI is InChI=1S/C26H23Cl2FN4O/c1-17-6-9-19(27)16-23(17)32-12-14-33(15-13-32)24(18-7-10-20(29)11-8-18)26-31-30-25(34-26)21-4-2-3-5-22(21)28/h2-11,16,24H,12-15H2,1H3. The van der Waals surface area contributed by atoms with E-state index in [1.807, 2.05) is 36.4 Å². The Labute approximate surface area is 207 Å². The van der Waals surface area contributed by atoms with Crippen LogP contribution in [0.4, 0.5) is 10.1 Å². The number of aromatic nitrogens is 2. The molecule has 0 bridgehead atoms. The summed E-state index contributed by atoms with van der Waals surface area (Å²) < 4.78 is 19.8. The smallest absolute Gasteiger partial charge is 0.249 e. The molecule has 4 aromatic rings. The minimum atomic E-state index is -0.299. The summed E-state index contributed by atoms with van der Waals surface area (Å²) in [5, 5.41) is 9.90. The van der Waals surface area contributed by atoms with Gasteiger partial charge in [-0.3, -0.25) is 4.90 Å². The molecule has 0 radical (unpaired) electrons. The van der Waals surface area contributed by atoms with Gasteiger partial charge in [0, 0.05) is 36.9 Å². The van der Waals surface area contributed by atoms with Crippen molar-refractivity contribution in [3.05, 3.63) is 99.6 Å². The zero-order valence-corrected chi connectivity index (χ0v) is 20.1. The maximum absolute atomic E-state index is 13.7. The summed E-state index contributed by atoms with van der Waals surface area (Å²) in [6.07, 6.45) is 0. The average Bonchev–Trinajstić information content (AvgIpc) is 3.32. The van der Waals surface area contributed by atoms with Crippen molar-refractivity contribution in [2.45, 2.75) is 13.0 Å². The molecule has 5 rings (SSSR count). The van der Waals surface area contributed by atoms with Crippen LogP contribution in [0.25, 0.3) is 11.5 Å². The second-order valence-corrected chi connectivity index (χ2v) is 9.18. The van der Waals surface area contributed by atoms with Gasteiger partial charge < -0.3 is 9.32 Å². The Balaban J connectivity index is 1.43. The van der Waals surface area contributed by atoms with Crippen LogP contribution in [0.1, 0.15) is 23.1 Å². The molecule has 1 atom stereocenters. The van der Waals surface area contributed by atoms with E-state index >= 15 is 0 Å². The lowest BCUT2D eigenvalue weighted by atomic mass is 10.0. The first-order valence-electron chi connectivity index (χ1n) is 11.1. The van der Waals surface area contributed by atoms with E-state index in [2.05, 4.69) is 26.9 Å².